The summed E-state index contributed by atoms with van der Waals surface area (Å²) < 4.78 is 38.0. The maximum absolute atomic E-state index is 13.0. The van der Waals surface area contributed by atoms with Crippen LogP contribution < -0.4 is 14.8 Å². The lowest BCUT2D eigenvalue weighted by molar-refractivity contribution is -0.116. The highest BCUT2D eigenvalue weighted by Gasteiger charge is 2.26. The van der Waals surface area contributed by atoms with Gasteiger partial charge in [0.1, 0.15) is 11.5 Å². The molecule has 0 unspecified atom stereocenters. The second-order valence-corrected chi connectivity index (χ2v) is 9.68. The average Bonchev–Trinajstić information content (AvgIpc) is 2.78. The molecule has 1 N–H and O–H groups in total. The minimum Gasteiger partial charge on any atom is -0.496 e. The topological polar surface area (TPSA) is 84.9 Å². The van der Waals surface area contributed by atoms with Crippen LogP contribution in [-0.4, -0.2) is 45.9 Å². The van der Waals surface area contributed by atoms with Crippen molar-refractivity contribution in [3.63, 3.8) is 0 Å². The van der Waals surface area contributed by atoms with Crippen molar-refractivity contribution in [2.75, 3.05) is 32.6 Å². The molecular weight excluding hydrogens is 440 g/mol. The molecule has 2 aromatic carbocycles. The average molecular weight is 467 g/mol. The number of hydrogen-bond acceptors (Lipinski definition) is 5. The Labute approximate surface area is 188 Å². The number of carbonyl (C=O) groups is 1. The van der Waals surface area contributed by atoms with Crippen LogP contribution >= 0.6 is 11.6 Å². The molecule has 1 aliphatic rings. The minimum atomic E-state index is -3.56. The van der Waals surface area contributed by atoms with Crippen LogP contribution in [0.1, 0.15) is 31.2 Å². The lowest BCUT2D eigenvalue weighted by Crippen LogP contribution is -2.35. The minimum absolute atomic E-state index is 0.160. The second kappa shape index (κ2) is 10.3. The third-order valence-electron chi connectivity index (χ3n) is 5.26. The molecule has 168 valence electrons. The van der Waals surface area contributed by atoms with Crippen molar-refractivity contribution >= 4 is 33.2 Å². The second-order valence-electron chi connectivity index (χ2n) is 7.34. The van der Waals surface area contributed by atoms with Gasteiger partial charge in [0.2, 0.25) is 15.9 Å². The van der Waals surface area contributed by atoms with Crippen molar-refractivity contribution in [2.24, 2.45) is 0 Å². The molecule has 9 heteroatoms. The number of carbonyl (C=O) groups excluding carboxylic acids is 1. The highest BCUT2D eigenvalue weighted by Crippen LogP contribution is 2.29. The molecule has 0 atom stereocenters. The standard InChI is InChI=1S/C22H27ClN2O5S/c1-29-20-10-8-18(31(27,28)25-12-4-3-5-13-25)14-16(20)6-11-22(26)24-17-7-9-21(30-2)19(23)15-17/h7-10,14-15H,3-6,11-13H2,1-2H3,(H,24,26). The van der Waals surface area contributed by atoms with Crippen LogP contribution in [0.25, 0.3) is 0 Å². The van der Waals surface area contributed by atoms with Crippen LogP contribution in [0.4, 0.5) is 5.69 Å². The molecule has 2 aromatic rings. The van der Waals surface area contributed by atoms with Crippen molar-refractivity contribution in [1.82, 2.24) is 4.31 Å². The lowest BCUT2D eigenvalue weighted by atomic mass is 10.1. The Morgan fingerprint density at radius 2 is 1.71 bits per heavy atom. The third-order valence-corrected chi connectivity index (χ3v) is 7.45. The van der Waals surface area contributed by atoms with Gasteiger partial charge >= 0.3 is 0 Å². The first-order valence-electron chi connectivity index (χ1n) is 10.2. The van der Waals surface area contributed by atoms with E-state index < -0.39 is 10.0 Å². The first kappa shape index (κ1) is 23.4. The van der Waals surface area contributed by atoms with E-state index in [-0.39, 0.29) is 17.2 Å². The smallest absolute Gasteiger partial charge is 0.243 e. The Hall–Kier alpha value is -2.29. The van der Waals surface area contributed by atoms with E-state index in [9.17, 15) is 13.2 Å². The number of piperidine rings is 1. The summed E-state index contributed by atoms with van der Waals surface area (Å²) in [7, 11) is -0.512. The van der Waals surface area contributed by atoms with Gasteiger partial charge in [0, 0.05) is 25.2 Å². The SMILES string of the molecule is COc1ccc(NC(=O)CCc2cc(S(=O)(=O)N3CCCCC3)ccc2OC)cc1Cl. The molecule has 1 saturated heterocycles. The molecule has 1 heterocycles. The quantitative estimate of drug-likeness (QED) is 0.633. The Kier molecular flexibility index (Phi) is 7.80. The number of aryl methyl sites for hydroxylation is 1. The summed E-state index contributed by atoms with van der Waals surface area (Å²) in [5.74, 6) is 0.863. The molecule has 0 aromatic heterocycles. The largest absolute Gasteiger partial charge is 0.496 e. The van der Waals surface area contributed by atoms with Gasteiger partial charge in [-0.25, -0.2) is 8.42 Å². The Morgan fingerprint density at radius 3 is 2.35 bits per heavy atom. The van der Waals surface area contributed by atoms with Crippen molar-refractivity contribution in [3.8, 4) is 11.5 Å². The molecule has 1 aliphatic heterocycles. The molecule has 0 radical (unpaired) electrons. The predicted octanol–water partition coefficient (Wildman–Crippen LogP) is 4.10. The van der Waals surface area contributed by atoms with E-state index >= 15 is 0 Å². The first-order valence-corrected chi connectivity index (χ1v) is 12.0. The predicted molar refractivity (Wildman–Crippen MR) is 121 cm³/mol. The van der Waals surface area contributed by atoms with Crippen LogP contribution in [0.15, 0.2) is 41.3 Å². The first-order chi connectivity index (χ1) is 14.8. The summed E-state index contributed by atoms with van der Waals surface area (Å²) in [5, 5.41) is 3.19. The number of halogens is 1. The van der Waals surface area contributed by atoms with E-state index in [2.05, 4.69) is 5.32 Å². The number of anilines is 1. The van der Waals surface area contributed by atoms with Gasteiger partial charge in [-0.15, -0.1) is 0 Å². The van der Waals surface area contributed by atoms with Gasteiger partial charge in [0.15, 0.2) is 0 Å². The van der Waals surface area contributed by atoms with Crippen molar-refractivity contribution in [1.29, 1.82) is 0 Å². The molecule has 0 saturated carbocycles. The van der Waals surface area contributed by atoms with Crippen LogP contribution in [0.2, 0.25) is 5.02 Å². The summed E-state index contributed by atoms with van der Waals surface area (Å²) in [6.45, 7) is 1.08. The van der Waals surface area contributed by atoms with E-state index in [1.165, 1.54) is 18.5 Å². The van der Waals surface area contributed by atoms with Crippen molar-refractivity contribution in [3.05, 3.63) is 47.0 Å². The molecular formula is C22H27ClN2O5S. The fourth-order valence-corrected chi connectivity index (χ4v) is 5.41. The van der Waals surface area contributed by atoms with Gasteiger partial charge in [-0.2, -0.15) is 4.31 Å². The normalized spacial score (nSPS) is 14.8. The number of nitrogens with one attached hydrogen (secondary N) is 1. The Morgan fingerprint density at radius 1 is 1.03 bits per heavy atom. The number of ether oxygens (including phenoxy) is 2. The molecule has 7 nitrogen and oxygen atoms in total. The zero-order valence-electron chi connectivity index (χ0n) is 17.7. The van der Waals surface area contributed by atoms with Gasteiger partial charge in [0.05, 0.1) is 24.1 Å². The summed E-state index contributed by atoms with van der Waals surface area (Å²) in [6, 6.07) is 9.81. The van der Waals surface area contributed by atoms with E-state index in [1.807, 2.05) is 0 Å². The van der Waals surface area contributed by atoms with E-state index in [1.54, 1.807) is 36.4 Å². The number of amides is 1. The zero-order chi connectivity index (χ0) is 22.4. The molecule has 31 heavy (non-hydrogen) atoms. The highest BCUT2D eigenvalue weighted by molar-refractivity contribution is 7.89. The van der Waals surface area contributed by atoms with E-state index in [0.717, 1.165) is 19.3 Å². The Balaban J connectivity index is 1.71. The summed E-state index contributed by atoms with van der Waals surface area (Å²) in [6.07, 6.45) is 3.29. The summed E-state index contributed by atoms with van der Waals surface area (Å²) in [5.41, 5.74) is 1.23. The van der Waals surface area contributed by atoms with Crippen LogP contribution in [0.5, 0.6) is 11.5 Å². The number of sulfonamides is 1. The molecule has 1 fully saturated rings. The maximum Gasteiger partial charge on any atom is 0.243 e. The Bertz CT molecular complexity index is 1040. The fraction of sp³-hybridized carbons (Fsp3) is 0.409. The monoisotopic (exact) mass is 466 g/mol. The fourth-order valence-electron chi connectivity index (χ4n) is 3.58. The van der Waals surface area contributed by atoms with E-state index in [4.69, 9.17) is 21.1 Å². The van der Waals surface area contributed by atoms with Gasteiger partial charge in [-0.3, -0.25) is 4.79 Å². The van der Waals surface area contributed by atoms with Gasteiger partial charge in [-0.05, 0) is 61.2 Å². The number of nitrogens with zero attached hydrogens (tertiary/aromatic N) is 1. The highest BCUT2D eigenvalue weighted by atomic mass is 35.5. The van der Waals surface area contributed by atoms with Crippen LogP contribution in [-0.2, 0) is 21.2 Å². The van der Waals surface area contributed by atoms with Crippen LogP contribution in [0, 0.1) is 0 Å². The van der Waals surface area contributed by atoms with Gasteiger partial charge in [-0.1, -0.05) is 18.0 Å². The maximum atomic E-state index is 13.0. The van der Waals surface area contributed by atoms with Crippen molar-refractivity contribution in [2.45, 2.75) is 37.0 Å². The number of methoxy groups -OCH3 is 2. The lowest BCUT2D eigenvalue weighted by Gasteiger charge is -2.26. The van der Waals surface area contributed by atoms with E-state index in [0.29, 0.717) is 47.3 Å². The summed E-state index contributed by atoms with van der Waals surface area (Å²) in [4.78, 5) is 12.7. The molecule has 1 amide bonds. The van der Waals surface area contributed by atoms with Crippen molar-refractivity contribution < 1.29 is 22.7 Å². The number of hydrogen-bond donors (Lipinski definition) is 1. The molecule has 0 spiro atoms. The third kappa shape index (κ3) is 5.70. The zero-order valence-corrected chi connectivity index (χ0v) is 19.3. The number of benzene rings is 2. The number of rotatable bonds is 8. The van der Waals surface area contributed by atoms with Crippen LogP contribution in [0.3, 0.4) is 0 Å². The summed E-state index contributed by atoms with van der Waals surface area (Å²) >= 11 is 6.10. The van der Waals surface area contributed by atoms with Gasteiger partial charge < -0.3 is 14.8 Å². The molecule has 3 rings (SSSR count). The van der Waals surface area contributed by atoms with Gasteiger partial charge in [0.25, 0.3) is 0 Å². The molecule has 0 aliphatic carbocycles. The molecule has 0 bridgehead atoms.